The Labute approximate surface area is 170 Å². The summed E-state index contributed by atoms with van der Waals surface area (Å²) in [5.41, 5.74) is 2.53. The quantitative estimate of drug-likeness (QED) is 0.639. The number of anilines is 1. The monoisotopic (exact) mass is 443 g/mol. The van der Waals surface area contributed by atoms with Crippen molar-refractivity contribution in [2.45, 2.75) is 12.3 Å². The molecule has 2 heterocycles. The van der Waals surface area contributed by atoms with Crippen LogP contribution in [0, 0.1) is 0 Å². The Hall–Kier alpha value is -3.00. The number of halogens is 1. The topological polar surface area (TPSA) is 85.6 Å². The van der Waals surface area contributed by atoms with Gasteiger partial charge in [-0.25, -0.2) is 4.68 Å². The molecule has 0 spiro atoms. The smallest absolute Gasteiger partial charge is 0.226 e. The lowest BCUT2D eigenvalue weighted by Crippen LogP contribution is -2.24. The molecule has 0 aliphatic carbocycles. The number of rotatable bonds is 4. The van der Waals surface area contributed by atoms with Gasteiger partial charge in [-0.05, 0) is 42.0 Å². The van der Waals surface area contributed by atoms with E-state index < -0.39 is 0 Å². The number of phenolic OH excluding ortho intramolecular Hbond substituents is 1. The fourth-order valence-corrected chi connectivity index (χ4v) is 3.67. The van der Waals surface area contributed by atoms with E-state index in [9.17, 15) is 9.90 Å². The van der Waals surface area contributed by atoms with Crippen molar-refractivity contribution in [3.05, 3.63) is 58.2 Å². The largest absolute Gasteiger partial charge is 0.502 e. The number of methoxy groups -OCH3 is 2. The Morgan fingerprint density at radius 2 is 1.82 bits per heavy atom. The maximum Gasteiger partial charge on any atom is 0.226 e. The lowest BCUT2D eigenvalue weighted by molar-refractivity contribution is -0.116. The molecule has 1 aliphatic rings. The van der Waals surface area contributed by atoms with E-state index in [1.165, 1.54) is 14.2 Å². The second kappa shape index (κ2) is 7.20. The van der Waals surface area contributed by atoms with Crippen LogP contribution >= 0.6 is 15.9 Å². The number of fused-ring (bicyclic) bond motifs is 1. The van der Waals surface area contributed by atoms with Crippen molar-refractivity contribution in [3.63, 3.8) is 0 Å². The van der Waals surface area contributed by atoms with E-state index in [2.05, 4.69) is 26.3 Å². The molecule has 2 N–H and O–H groups in total. The highest BCUT2D eigenvalue weighted by molar-refractivity contribution is 9.10. The van der Waals surface area contributed by atoms with Gasteiger partial charge in [-0.3, -0.25) is 4.79 Å². The highest BCUT2D eigenvalue weighted by Crippen LogP contribution is 2.44. The molecule has 1 unspecified atom stereocenters. The minimum Gasteiger partial charge on any atom is -0.502 e. The fourth-order valence-electron chi connectivity index (χ4n) is 3.41. The lowest BCUT2D eigenvalue weighted by atomic mass is 9.87. The van der Waals surface area contributed by atoms with Gasteiger partial charge in [0.1, 0.15) is 5.82 Å². The minimum atomic E-state index is -0.239. The number of ether oxygens (including phenoxy) is 2. The van der Waals surface area contributed by atoms with Gasteiger partial charge in [0, 0.05) is 22.4 Å². The van der Waals surface area contributed by atoms with E-state index in [1.807, 2.05) is 24.3 Å². The fraction of sp³-hybridized carbons (Fsp3) is 0.200. The first-order chi connectivity index (χ1) is 13.5. The minimum absolute atomic E-state index is 0.0696. The molecule has 1 atom stereocenters. The van der Waals surface area contributed by atoms with Crippen LogP contribution in [0.4, 0.5) is 5.82 Å². The first-order valence-corrected chi connectivity index (χ1v) is 9.39. The van der Waals surface area contributed by atoms with E-state index in [0.29, 0.717) is 17.3 Å². The first-order valence-electron chi connectivity index (χ1n) is 8.60. The Balaban J connectivity index is 1.82. The van der Waals surface area contributed by atoms with Crippen molar-refractivity contribution in [1.29, 1.82) is 0 Å². The number of phenols is 1. The van der Waals surface area contributed by atoms with E-state index in [1.54, 1.807) is 23.0 Å². The molecule has 0 saturated heterocycles. The zero-order valence-electron chi connectivity index (χ0n) is 15.3. The molecule has 1 aliphatic heterocycles. The number of carbonyl (C=O) groups is 1. The molecule has 3 aromatic rings. The van der Waals surface area contributed by atoms with Crippen molar-refractivity contribution >= 4 is 27.7 Å². The number of nitrogens with one attached hydrogen (secondary N) is 1. The number of amides is 1. The van der Waals surface area contributed by atoms with E-state index in [4.69, 9.17) is 9.47 Å². The summed E-state index contributed by atoms with van der Waals surface area (Å²) in [6.07, 6.45) is 2.02. The third kappa shape index (κ3) is 3.09. The van der Waals surface area contributed by atoms with Gasteiger partial charge >= 0.3 is 0 Å². The number of hydrogen-bond donors (Lipinski definition) is 2. The van der Waals surface area contributed by atoms with Gasteiger partial charge < -0.3 is 19.9 Å². The maximum absolute atomic E-state index is 12.4. The summed E-state index contributed by atoms with van der Waals surface area (Å²) in [6, 6.07) is 11.1. The number of aromatic hydroxyl groups is 1. The third-order valence-corrected chi connectivity index (χ3v) is 5.32. The summed E-state index contributed by atoms with van der Waals surface area (Å²) < 4.78 is 13.2. The summed E-state index contributed by atoms with van der Waals surface area (Å²) >= 11 is 3.42. The Morgan fingerprint density at radius 1 is 1.18 bits per heavy atom. The second-order valence-electron chi connectivity index (χ2n) is 6.42. The average molecular weight is 444 g/mol. The van der Waals surface area contributed by atoms with Gasteiger partial charge in [0.2, 0.25) is 11.7 Å². The van der Waals surface area contributed by atoms with Crippen LogP contribution in [0.2, 0.25) is 0 Å². The third-order valence-electron chi connectivity index (χ3n) is 4.80. The SMILES string of the molecule is COc1cc(C2CC(=O)Nc3c2cnn3-c2ccc(Br)cc2)cc(OC)c1O. The molecule has 2 aromatic carbocycles. The van der Waals surface area contributed by atoms with E-state index in [-0.39, 0.29) is 24.0 Å². The molecular weight excluding hydrogens is 426 g/mol. The van der Waals surface area contributed by atoms with Crippen LogP contribution in [0.1, 0.15) is 23.5 Å². The van der Waals surface area contributed by atoms with Crippen molar-refractivity contribution in [1.82, 2.24) is 9.78 Å². The summed E-state index contributed by atoms with van der Waals surface area (Å²) in [6.45, 7) is 0. The summed E-state index contributed by atoms with van der Waals surface area (Å²) in [5, 5.41) is 17.6. The van der Waals surface area contributed by atoms with Gasteiger partial charge in [0.15, 0.2) is 11.5 Å². The molecule has 7 nitrogen and oxygen atoms in total. The Morgan fingerprint density at radius 3 is 2.43 bits per heavy atom. The Kier molecular flexibility index (Phi) is 4.72. The van der Waals surface area contributed by atoms with Crippen molar-refractivity contribution in [3.8, 4) is 22.9 Å². The molecule has 0 radical (unpaired) electrons. The van der Waals surface area contributed by atoms with Crippen molar-refractivity contribution in [2.75, 3.05) is 19.5 Å². The average Bonchev–Trinajstić information content (AvgIpc) is 3.12. The number of hydrogen-bond acceptors (Lipinski definition) is 5. The molecular formula is C20H18BrN3O4. The molecule has 144 valence electrons. The molecule has 0 fully saturated rings. The predicted molar refractivity (Wildman–Crippen MR) is 108 cm³/mol. The molecule has 0 bridgehead atoms. The van der Waals surface area contributed by atoms with Gasteiger partial charge in [-0.1, -0.05) is 15.9 Å². The lowest BCUT2D eigenvalue weighted by Gasteiger charge is -2.24. The zero-order chi connectivity index (χ0) is 19.8. The van der Waals surface area contributed by atoms with Crippen LogP contribution < -0.4 is 14.8 Å². The number of carbonyl (C=O) groups excluding carboxylic acids is 1. The molecule has 4 rings (SSSR count). The van der Waals surface area contributed by atoms with Crippen LogP contribution in [0.25, 0.3) is 5.69 Å². The van der Waals surface area contributed by atoms with Gasteiger partial charge in [0.25, 0.3) is 0 Å². The summed E-state index contributed by atoms with van der Waals surface area (Å²) in [4.78, 5) is 12.4. The standard InChI is InChI=1S/C20H18BrN3O4/c1-27-16-7-11(8-17(28-2)19(16)26)14-9-18(25)23-20-15(14)10-22-24(20)13-5-3-12(21)4-6-13/h3-8,10,14,26H,9H2,1-2H3,(H,23,25). The number of aromatic nitrogens is 2. The molecule has 0 saturated carbocycles. The molecule has 1 amide bonds. The molecule has 28 heavy (non-hydrogen) atoms. The normalized spacial score (nSPS) is 15.7. The van der Waals surface area contributed by atoms with Crippen LogP contribution in [-0.2, 0) is 4.79 Å². The highest BCUT2D eigenvalue weighted by Gasteiger charge is 2.31. The van der Waals surface area contributed by atoms with Crippen LogP contribution in [-0.4, -0.2) is 35.0 Å². The summed E-state index contributed by atoms with van der Waals surface area (Å²) in [5.74, 6) is 0.803. The Bertz CT molecular complexity index is 1020. The van der Waals surface area contributed by atoms with Gasteiger partial charge in [-0.2, -0.15) is 5.10 Å². The highest BCUT2D eigenvalue weighted by atomic mass is 79.9. The number of nitrogens with zero attached hydrogens (tertiary/aromatic N) is 2. The second-order valence-corrected chi connectivity index (χ2v) is 7.33. The molecule has 1 aromatic heterocycles. The van der Waals surface area contributed by atoms with Crippen molar-refractivity contribution < 1.29 is 19.4 Å². The van der Waals surface area contributed by atoms with E-state index in [0.717, 1.165) is 21.3 Å². The van der Waals surface area contributed by atoms with Crippen LogP contribution in [0.3, 0.4) is 0 Å². The van der Waals surface area contributed by atoms with Gasteiger partial charge in [-0.15, -0.1) is 0 Å². The molecule has 8 heteroatoms. The summed E-state index contributed by atoms with van der Waals surface area (Å²) in [7, 11) is 2.95. The van der Waals surface area contributed by atoms with Gasteiger partial charge in [0.05, 0.1) is 26.1 Å². The predicted octanol–water partition coefficient (Wildman–Crippen LogP) is 3.83. The van der Waals surface area contributed by atoms with Crippen LogP contribution in [0.5, 0.6) is 17.2 Å². The van der Waals surface area contributed by atoms with Crippen LogP contribution in [0.15, 0.2) is 47.1 Å². The zero-order valence-corrected chi connectivity index (χ0v) is 16.9. The maximum atomic E-state index is 12.4. The van der Waals surface area contributed by atoms with Crippen molar-refractivity contribution in [2.24, 2.45) is 0 Å². The van der Waals surface area contributed by atoms with E-state index >= 15 is 0 Å². The number of benzene rings is 2. The first kappa shape index (κ1) is 18.4.